The Bertz CT molecular complexity index is 611. The van der Waals surface area contributed by atoms with Crippen LogP contribution >= 0.6 is 0 Å². The van der Waals surface area contributed by atoms with Gasteiger partial charge in [-0.2, -0.15) is 0 Å². The number of nitrogens with one attached hydrogen (secondary N) is 1. The van der Waals surface area contributed by atoms with Gasteiger partial charge in [0, 0.05) is 27.7 Å². The molecule has 0 fully saturated rings. The van der Waals surface area contributed by atoms with E-state index in [1.165, 1.54) is 5.56 Å². The van der Waals surface area contributed by atoms with E-state index in [1.54, 1.807) is 19.0 Å². The Morgan fingerprint density at radius 2 is 1.59 bits per heavy atom. The topological polar surface area (TPSA) is 35.6 Å². The first kappa shape index (κ1) is 15.9. The van der Waals surface area contributed by atoms with Gasteiger partial charge in [0.25, 0.3) is 0 Å². The second-order valence-electron chi connectivity index (χ2n) is 5.50. The Labute approximate surface area is 132 Å². The van der Waals surface area contributed by atoms with E-state index in [0.717, 1.165) is 17.9 Å². The smallest absolute Gasteiger partial charge is 0.241 e. The third-order valence-electron chi connectivity index (χ3n) is 3.51. The van der Waals surface area contributed by atoms with Crippen molar-refractivity contribution in [3.05, 3.63) is 60.2 Å². The molecule has 4 nitrogen and oxygen atoms in total. The number of carbonyl (C=O) groups excluding carboxylic acids is 1. The minimum absolute atomic E-state index is 0.0560. The molecule has 0 saturated carbocycles. The number of hydrogen-bond acceptors (Lipinski definition) is 3. The van der Waals surface area contributed by atoms with E-state index in [9.17, 15) is 4.79 Å². The van der Waals surface area contributed by atoms with Gasteiger partial charge >= 0.3 is 0 Å². The summed E-state index contributed by atoms with van der Waals surface area (Å²) in [7, 11) is 5.58. The van der Waals surface area contributed by atoms with Gasteiger partial charge in [-0.25, -0.2) is 0 Å². The summed E-state index contributed by atoms with van der Waals surface area (Å²) in [6.45, 7) is 1.12. The molecule has 2 aromatic carbocycles. The number of benzene rings is 2. The molecule has 0 unspecified atom stereocenters. The largest absolute Gasteiger partial charge is 0.374 e. The fourth-order valence-corrected chi connectivity index (χ4v) is 2.23. The number of amides is 1. The summed E-state index contributed by atoms with van der Waals surface area (Å²) < 4.78 is 0. The average Bonchev–Trinajstić information content (AvgIpc) is 2.53. The van der Waals surface area contributed by atoms with Crippen molar-refractivity contribution < 1.29 is 4.79 Å². The molecule has 1 N–H and O–H groups in total. The van der Waals surface area contributed by atoms with Gasteiger partial charge in [0.05, 0.1) is 17.9 Å². The molecule has 0 heterocycles. The maximum absolute atomic E-state index is 11.7. The van der Waals surface area contributed by atoms with Crippen molar-refractivity contribution >= 4 is 17.3 Å². The van der Waals surface area contributed by atoms with Gasteiger partial charge < -0.3 is 15.1 Å². The molecule has 0 aromatic heterocycles. The van der Waals surface area contributed by atoms with Crippen molar-refractivity contribution in [1.82, 2.24) is 4.90 Å². The SMILES string of the molecule is CN(C)C(=O)CNc1ccccc1N(C)Cc1ccccc1. The molecule has 2 rings (SSSR count). The standard InChI is InChI=1S/C18H23N3O/c1-20(2)18(22)13-19-16-11-7-8-12-17(16)21(3)14-15-9-5-4-6-10-15/h4-12,19H,13-14H2,1-3H3. The quantitative estimate of drug-likeness (QED) is 0.890. The van der Waals surface area contributed by atoms with Crippen LogP contribution in [-0.4, -0.2) is 38.5 Å². The molecule has 22 heavy (non-hydrogen) atoms. The molecule has 0 spiro atoms. The van der Waals surface area contributed by atoms with Crippen LogP contribution in [0.5, 0.6) is 0 Å². The van der Waals surface area contributed by atoms with E-state index in [2.05, 4.69) is 35.5 Å². The maximum Gasteiger partial charge on any atom is 0.241 e. The summed E-state index contributed by atoms with van der Waals surface area (Å²) in [6.07, 6.45) is 0. The second-order valence-corrected chi connectivity index (χ2v) is 5.50. The minimum Gasteiger partial charge on any atom is -0.374 e. The number of para-hydroxylation sites is 2. The third kappa shape index (κ3) is 4.25. The molecule has 0 bridgehead atoms. The lowest BCUT2D eigenvalue weighted by atomic mass is 10.2. The summed E-state index contributed by atoms with van der Waals surface area (Å²) in [5.41, 5.74) is 3.30. The highest BCUT2D eigenvalue weighted by molar-refractivity contribution is 5.82. The molecule has 4 heteroatoms. The fraction of sp³-hybridized carbons (Fsp3) is 0.278. The minimum atomic E-state index is 0.0560. The Morgan fingerprint density at radius 3 is 2.27 bits per heavy atom. The molecule has 2 aromatic rings. The van der Waals surface area contributed by atoms with Crippen LogP contribution in [0.2, 0.25) is 0 Å². The summed E-state index contributed by atoms with van der Waals surface area (Å²) in [6, 6.07) is 18.4. The Balaban J connectivity index is 2.08. The van der Waals surface area contributed by atoms with Crippen LogP contribution in [0.25, 0.3) is 0 Å². The Kier molecular flexibility index (Phi) is 5.42. The molecule has 0 aliphatic carbocycles. The molecule has 1 amide bonds. The molecule has 0 aliphatic rings. The number of anilines is 2. The van der Waals surface area contributed by atoms with Crippen LogP contribution in [0.15, 0.2) is 54.6 Å². The van der Waals surface area contributed by atoms with Crippen molar-refractivity contribution in [2.45, 2.75) is 6.54 Å². The highest BCUT2D eigenvalue weighted by Crippen LogP contribution is 2.25. The summed E-state index contributed by atoms with van der Waals surface area (Å²) in [5.74, 6) is 0.0560. The van der Waals surface area contributed by atoms with E-state index in [1.807, 2.05) is 36.4 Å². The molecule has 0 saturated heterocycles. The van der Waals surface area contributed by atoms with Crippen molar-refractivity contribution in [2.75, 3.05) is 37.9 Å². The number of carbonyl (C=O) groups is 1. The zero-order chi connectivity index (χ0) is 15.9. The molecular weight excluding hydrogens is 274 g/mol. The van der Waals surface area contributed by atoms with Gasteiger partial charge in [-0.1, -0.05) is 42.5 Å². The maximum atomic E-state index is 11.7. The third-order valence-corrected chi connectivity index (χ3v) is 3.51. The summed E-state index contributed by atoms with van der Waals surface area (Å²) >= 11 is 0. The van der Waals surface area contributed by atoms with E-state index in [4.69, 9.17) is 0 Å². The van der Waals surface area contributed by atoms with E-state index < -0.39 is 0 Å². The summed E-state index contributed by atoms with van der Waals surface area (Å²) in [5, 5.41) is 3.23. The number of likely N-dealkylation sites (N-methyl/N-ethyl adjacent to an activating group) is 1. The molecule has 116 valence electrons. The van der Waals surface area contributed by atoms with E-state index >= 15 is 0 Å². The number of rotatable bonds is 6. The predicted octanol–water partition coefficient (Wildman–Crippen LogP) is 2.82. The Hall–Kier alpha value is -2.49. The average molecular weight is 297 g/mol. The van der Waals surface area contributed by atoms with Crippen molar-refractivity contribution in [2.24, 2.45) is 0 Å². The molecule has 0 aliphatic heterocycles. The second kappa shape index (κ2) is 7.50. The van der Waals surface area contributed by atoms with Crippen LogP contribution in [0.1, 0.15) is 5.56 Å². The highest BCUT2D eigenvalue weighted by Gasteiger charge is 2.09. The van der Waals surface area contributed by atoms with Crippen LogP contribution in [0, 0.1) is 0 Å². The van der Waals surface area contributed by atoms with Crippen molar-refractivity contribution in [3.63, 3.8) is 0 Å². The normalized spacial score (nSPS) is 10.1. The van der Waals surface area contributed by atoms with Gasteiger partial charge in [0.1, 0.15) is 0 Å². The first-order valence-corrected chi connectivity index (χ1v) is 7.36. The van der Waals surface area contributed by atoms with Gasteiger partial charge in [-0.05, 0) is 17.7 Å². The Morgan fingerprint density at radius 1 is 0.955 bits per heavy atom. The lowest BCUT2D eigenvalue weighted by molar-refractivity contribution is -0.126. The highest BCUT2D eigenvalue weighted by atomic mass is 16.2. The van der Waals surface area contributed by atoms with E-state index in [0.29, 0.717) is 6.54 Å². The van der Waals surface area contributed by atoms with Crippen molar-refractivity contribution in [1.29, 1.82) is 0 Å². The van der Waals surface area contributed by atoms with Gasteiger partial charge in [-0.3, -0.25) is 4.79 Å². The fourth-order valence-electron chi connectivity index (χ4n) is 2.23. The zero-order valence-electron chi connectivity index (χ0n) is 13.4. The summed E-state index contributed by atoms with van der Waals surface area (Å²) in [4.78, 5) is 15.5. The van der Waals surface area contributed by atoms with Crippen LogP contribution in [0.4, 0.5) is 11.4 Å². The molecular formula is C18H23N3O. The first-order valence-electron chi connectivity index (χ1n) is 7.36. The van der Waals surface area contributed by atoms with Gasteiger partial charge in [0.2, 0.25) is 5.91 Å². The monoisotopic (exact) mass is 297 g/mol. The van der Waals surface area contributed by atoms with Crippen LogP contribution < -0.4 is 10.2 Å². The lowest BCUT2D eigenvalue weighted by Crippen LogP contribution is -2.29. The molecule has 0 atom stereocenters. The number of nitrogens with zero attached hydrogens (tertiary/aromatic N) is 2. The predicted molar refractivity (Wildman–Crippen MR) is 92.2 cm³/mol. The first-order chi connectivity index (χ1) is 10.6. The van der Waals surface area contributed by atoms with Gasteiger partial charge in [0.15, 0.2) is 0 Å². The van der Waals surface area contributed by atoms with Crippen molar-refractivity contribution in [3.8, 4) is 0 Å². The zero-order valence-corrected chi connectivity index (χ0v) is 13.4. The van der Waals surface area contributed by atoms with E-state index in [-0.39, 0.29) is 5.91 Å². The lowest BCUT2D eigenvalue weighted by Gasteiger charge is -2.23. The van der Waals surface area contributed by atoms with Gasteiger partial charge in [-0.15, -0.1) is 0 Å². The van der Waals surface area contributed by atoms with Crippen LogP contribution in [-0.2, 0) is 11.3 Å². The van der Waals surface area contributed by atoms with Crippen LogP contribution in [0.3, 0.4) is 0 Å². The molecule has 0 radical (unpaired) electrons. The number of hydrogen-bond donors (Lipinski definition) is 1.